The number of nitrogens with zero attached hydrogens (tertiary/aromatic N) is 3. The van der Waals surface area contributed by atoms with E-state index in [1.165, 1.54) is 11.8 Å². The first kappa shape index (κ1) is 25.7. The van der Waals surface area contributed by atoms with Gasteiger partial charge in [-0.15, -0.1) is 0 Å². The maximum atomic E-state index is 13.5. The number of para-hydroxylation sites is 2. The molecule has 0 N–H and O–H groups in total. The summed E-state index contributed by atoms with van der Waals surface area (Å²) in [5.74, 6) is -0.0190. The number of carbonyl (C=O) groups excluding carboxylic acids is 1. The van der Waals surface area contributed by atoms with E-state index in [2.05, 4.69) is 23.6 Å². The predicted octanol–water partition coefficient (Wildman–Crippen LogP) is 8.55. The van der Waals surface area contributed by atoms with E-state index in [0.717, 1.165) is 44.5 Å². The number of aliphatic imine (C=N–C) groups is 1. The van der Waals surface area contributed by atoms with Crippen LogP contribution in [0.3, 0.4) is 0 Å². The third-order valence-electron chi connectivity index (χ3n) is 6.75. The molecule has 188 valence electrons. The summed E-state index contributed by atoms with van der Waals surface area (Å²) < 4.78 is 2.24. The Morgan fingerprint density at radius 1 is 0.973 bits per heavy atom. The van der Waals surface area contributed by atoms with Gasteiger partial charge in [0.15, 0.2) is 5.17 Å². The summed E-state index contributed by atoms with van der Waals surface area (Å²) in [4.78, 5) is 20.8. The molecule has 0 unspecified atom stereocenters. The van der Waals surface area contributed by atoms with Gasteiger partial charge in [-0.3, -0.25) is 9.69 Å². The van der Waals surface area contributed by atoms with E-state index < -0.39 is 0 Å². The molecule has 7 heteroatoms. The maximum absolute atomic E-state index is 13.5. The highest BCUT2D eigenvalue weighted by atomic mass is 35.5. The number of aromatic nitrogens is 1. The van der Waals surface area contributed by atoms with Crippen molar-refractivity contribution in [2.75, 3.05) is 6.54 Å². The molecule has 1 fully saturated rings. The molecule has 1 aromatic heterocycles. The van der Waals surface area contributed by atoms with Gasteiger partial charge in [-0.1, -0.05) is 65.7 Å². The van der Waals surface area contributed by atoms with Gasteiger partial charge in [0.25, 0.3) is 5.91 Å². The van der Waals surface area contributed by atoms with E-state index in [1.807, 2.05) is 69.3 Å². The van der Waals surface area contributed by atoms with Crippen molar-refractivity contribution in [3.63, 3.8) is 0 Å². The minimum Gasteiger partial charge on any atom is -0.340 e. The zero-order valence-corrected chi connectivity index (χ0v) is 23.5. The highest BCUT2D eigenvalue weighted by molar-refractivity contribution is 8.18. The quantitative estimate of drug-likeness (QED) is 0.234. The lowest BCUT2D eigenvalue weighted by molar-refractivity contribution is -0.122. The van der Waals surface area contributed by atoms with E-state index in [9.17, 15) is 4.79 Å². The molecular weight excluding hydrogens is 521 g/mol. The molecule has 0 radical (unpaired) electrons. The van der Waals surface area contributed by atoms with Crippen molar-refractivity contribution in [2.45, 2.75) is 34.2 Å². The minimum atomic E-state index is -0.0190. The Morgan fingerprint density at radius 2 is 1.70 bits per heavy atom. The van der Waals surface area contributed by atoms with Gasteiger partial charge in [-0.2, -0.15) is 0 Å². The van der Waals surface area contributed by atoms with E-state index >= 15 is 0 Å². The molecule has 4 nitrogen and oxygen atoms in total. The van der Waals surface area contributed by atoms with Crippen LogP contribution < -0.4 is 0 Å². The molecule has 1 saturated heterocycles. The number of thioether (sulfide) groups is 1. The number of rotatable bonds is 5. The average molecular weight is 549 g/mol. The zero-order valence-electron chi connectivity index (χ0n) is 21.2. The summed E-state index contributed by atoms with van der Waals surface area (Å²) in [6, 6.07) is 20.0. The number of amidine groups is 1. The lowest BCUT2D eigenvalue weighted by Crippen LogP contribution is -2.28. The SMILES string of the molecule is CCN1C(=O)/C(=C\c2c(C)n(Cc3ccc(Cl)cc3Cl)c3ccccc23)SC1=Nc1c(C)cccc1C. The number of aryl methyl sites for hydroxylation is 2. The third-order valence-corrected chi connectivity index (χ3v) is 8.34. The third kappa shape index (κ3) is 4.84. The van der Waals surface area contributed by atoms with Crippen LogP contribution in [0.2, 0.25) is 10.0 Å². The fourth-order valence-electron chi connectivity index (χ4n) is 4.74. The average Bonchev–Trinajstić information content (AvgIpc) is 3.31. The van der Waals surface area contributed by atoms with E-state index in [-0.39, 0.29) is 5.91 Å². The fourth-order valence-corrected chi connectivity index (χ4v) is 6.24. The van der Waals surface area contributed by atoms with Crippen molar-refractivity contribution in [1.29, 1.82) is 0 Å². The molecule has 0 atom stereocenters. The van der Waals surface area contributed by atoms with Crippen LogP contribution in [0.4, 0.5) is 5.69 Å². The first-order valence-corrected chi connectivity index (χ1v) is 13.7. The van der Waals surface area contributed by atoms with Crippen LogP contribution in [0.1, 0.15) is 34.9 Å². The Hall–Kier alpha value is -2.99. The van der Waals surface area contributed by atoms with Crippen LogP contribution in [0.15, 0.2) is 70.6 Å². The number of amides is 1. The summed E-state index contributed by atoms with van der Waals surface area (Å²) in [5, 5.41) is 3.06. The van der Waals surface area contributed by atoms with Gasteiger partial charge in [0.2, 0.25) is 0 Å². The van der Waals surface area contributed by atoms with Crippen molar-refractivity contribution in [2.24, 2.45) is 4.99 Å². The van der Waals surface area contributed by atoms with Crippen LogP contribution in [0, 0.1) is 20.8 Å². The number of benzene rings is 3. The van der Waals surface area contributed by atoms with Crippen molar-refractivity contribution < 1.29 is 4.79 Å². The number of halogens is 2. The molecule has 2 heterocycles. The van der Waals surface area contributed by atoms with Crippen molar-refractivity contribution >= 4 is 68.7 Å². The lowest BCUT2D eigenvalue weighted by atomic mass is 10.1. The summed E-state index contributed by atoms with van der Waals surface area (Å²) in [7, 11) is 0. The molecule has 0 bridgehead atoms. The van der Waals surface area contributed by atoms with E-state index in [0.29, 0.717) is 33.2 Å². The maximum Gasteiger partial charge on any atom is 0.266 e. The number of likely N-dealkylation sites (N-methyl/N-ethyl adjacent to an activating group) is 1. The van der Waals surface area contributed by atoms with Crippen LogP contribution in [-0.4, -0.2) is 27.1 Å². The van der Waals surface area contributed by atoms with Gasteiger partial charge < -0.3 is 4.57 Å². The normalized spacial score (nSPS) is 16.1. The van der Waals surface area contributed by atoms with Crippen molar-refractivity contribution in [1.82, 2.24) is 9.47 Å². The van der Waals surface area contributed by atoms with Crippen LogP contribution >= 0.6 is 35.0 Å². The van der Waals surface area contributed by atoms with Gasteiger partial charge in [-0.05, 0) is 80.4 Å². The summed E-state index contributed by atoms with van der Waals surface area (Å²) >= 11 is 14.1. The first-order chi connectivity index (χ1) is 17.8. The predicted molar refractivity (Wildman–Crippen MR) is 158 cm³/mol. The zero-order chi connectivity index (χ0) is 26.3. The standard InChI is InChI=1S/C30H27Cl2N3OS/c1-5-34-29(36)27(37-30(34)33-28-18(2)9-8-10-19(28)3)16-24-20(4)35(26-12-7-6-11-23(24)26)17-21-13-14-22(31)15-25(21)32/h6-16H,5,17H2,1-4H3/b27-16+,33-30?. The Bertz CT molecular complexity index is 1580. The Labute approximate surface area is 231 Å². The molecule has 4 aromatic rings. The Balaban J connectivity index is 1.58. The topological polar surface area (TPSA) is 37.6 Å². The smallest absolute Gasteiger partial charge is 0.266 e. The highest BCUT2D eigenvalue weighted by Gasteiger charge is 2.33. The number of hydrogen-bond acceptors (Lipinski definition) is 3. The van der Waals surface area contributed by atoms with Gasteiger partial charge in [0.1, 0.15) is 0 Å². The molecule has 3 aromatic carbocycles. The lowest BCUT2D eigenvalue weighted by Gasteiger charge is -2.13. The minimum absolute atomic E-state index is 0.0190. The van der Waals surface area contributed by atoms with Crippen LogP contribution in [0.5, 0.6) is 0 Å². The fraction of sp³-hybridized carbons (Fsp3) is 0.200. The second-order valence-corrected chi connectivity index (χ2v) is 11.0. The number of hydrogen-bond donors (Lipinski definition) is 0. The molecule has 37 heavy (non-hydrogen) atoms. The molecule has 1 amide bonds. The van der Waals surface area contributed by atoms with E-state index in [4.69, 9.17) is 28.2 Å². The van der Waals surface area contributed by atoms with Crippen molar-refractivity contribution in [3.8, 4) is 0 Å². The summed E-state index contributed by atoms with van der Waals surface area (Å²) in [6.07, 6.45) is 2.01. The van der Waals surface area contributed by atoms with Gasteiger partial charge >= 0.3 is 0 Å². The number of fused-ring (bicyclic) bond motifs is 1. The largest absolute Gasteiger partial charge is 0.340 e. The molecule has 0 spiro atoms. The highest BCUT2D eigenvalue weighted by Crippen LogP contribution is 2.38. The Kier molecular flexibility index (Phi) is 7.21. The van der Waals surface area contributed by atoms with Crippen molar-refractivity contribution in [3.05, 3.63) is 104 Å². The summed E-state index contributed by atoms with van der Waals surface area (Å²) in [6.45, 7) is 9.33. The molecule has 0 saturated carbocycles. The first-order valence-electron chi connectivity index (χ1n) is 12.2. The molecule has 0 aliphatic carbocycles. The second kappa shape index (κ2) is 10.4. The molecule has 1 aliphatic heterocycles. The van der Waals surface area contributed by atoms with Crippen LogP contribution in [0.25, 0.3) is 17.0 Å². The van der Waals surface area contributed by atoms with Gasteiger partial charge in [0, 0.05) is 45.3 Å². The van der Waals surface area contributed by atoms with Gasteiger partial charge in [-0.25, -0.2) is 4.99 Å². The molecular formula is C30H27Cl2N3OS. The van der Waals surface area contributed by atoms with Crippen LogP contribution in [-0.2, 0) is 11.3 Å². The summed E-state index contributed by atoms with van der Waals surface area (Å²) in [5.41, 5.74) is 7.27. The van der Waals surface area contributed by atoms with Gasteiger partial charge in [0.05, 0.1) is 10.6 Å². The molecule has 1 aliphatic rings. The Morgan fingerprint density at radius 3 is 2.41 bits per heavy atom. The monoisotopic (exact) mass is 547 g/mol. The second-order valence-electron chi connectivity index (χ2n) is 9.13. The number of carbonyl (C=O) groups is 1. The molecule has 5 rings (SSSR count). The van der Waals surface area contributed by atoms with E-state index in [1.54, 1.807) is 11.0 Å².